The predicted molar refractivity (Wildman–Crippen MR) is 94.1 cm³/mol. The number of nitrogens with one attached hydrogen (secondary N) is 1. The number of aryl methyl sites for hydroxylation is 1. The summed E-state index contributed by atoms with van der Waals surface area (Å²) in [5.74, 6) is 1.48. The van der Waals surface area contributed by atoms with E-state index in [0.29, 0.717) is 17.7 Å². The second-order valence-electron chi connectivity index (χ2n) is 6.46. The van der Waals surface area contributed by atoms with Gasteiger partial charge in [0.1, 0.15) is 12.2 Å². The topological polar surface area (TPSA) is 73.0 Å². The highest BCUT2D eigenvalue weighted by Gasteiger charge is 2.26. The fourth-order valence-electron chi connectivity index (χ4n) is 2.96. The Morgan fingerprint density at radius 2 is 2.08 bits per heavy atom. The minimum atomic E-state index is -0.0921. The molecule has 0 unspecified atom stereocenters. The van der Waals surface area contributed by atoms with Crippen LogP contribution in [0.5, 0.6) is 0 Å². The highest BCUT2D eigenvalue weighted by molar-refractivity contribution is 5.91. The van der Waals surface area contributed by atoms with E-state index in [0.717, 1.165) is 29.8 Å². The van der Waals surface area contributed by atoms with Crippen molar-refractivity contribution in [2.75, 3.05) is 5.32 Å². The van der Waals surface area contributed by atoms with Gasteiger partial charge in [-0.3, -0.25) is 4.79 Å². The van der Waals surface area contributed by atoms with Gasteiger partial charge in [-0.2, -0.15) is 0 Å². The first-order valence-electron chi connectivity index (χ1n) is 8.55. The molecule has 0 saturated heterocycles. The molecule has 0 atom stereocenters. The minimum absolute atomic E-state index is 0.0921. The van der Waals surface area contributed by atoms with Gasteiger partial charge in [-0.05, 0) is 43.5 Å². The van der Waals surface area contributed by atoms with E-state index < -0.39 is 0 Å². The first-order chi connectivity index (χ1) is 12.2. The number of amides is 1. The van der Waals surface area contributed by atoms with Gasteiger partial charge < -0.3 is 14.3 Å². The van der Waals surface area contributed by atoms with Crippen molar-refractivity contribution in [2.45, 2.75) is 38.6 Å². The number of aromatic nitrogens is 3. The number of carbonyl (C=O) groups excluding carboxylic acids is 1. The molecule has 0 bridgehead atoms. The molecule has 1 N–H and O–H groups in total. The maximum atomic E-state index is 12.4. The SMILES string of the molecule is Cc1ccccc1NC(=O)Cn1cccc1-c1nnc(C2CCC2)o1. The molecule has 3 aromatic rings. The second-order valence-corrected chi connectivity index (χ2v) is 6.46. The van der Waals surface area contributed by atoms with Crippen molar-refractivity contribution in [3.05, 3.63) is 54.0 Å². The van der Waals surface area contributed by atoms with Gasteiger partial charge in [0.25, 0.3) is 5.89 Å². The first kappa shape index (κ1) is 15.6. The van der Waals surface area contributed by atoms with E-state index in [1.807, 2.05) is 54.1 Å². The van der Waals surface area contributed by atoms with Crippen molar-refractivity contribution in [3.63, 3.8) is 0 Å². The quantitative estimate of drug-likeness (QED) is 0.770. The summed E-state index contributed by atoms with van der Waals surface area (Å²) >= 11 is 0. The lowest BCUT2D eigenvalue weighted by atomic mass is 9.85. The molecule has 6 heteroatoms. The molecule has 4 rings (SSSR count). The lowest BCUT2D eigenvalue weighted by Crippen LogP contribution is -2.19. The lowest BCUT2D eigenvalue weighted by Gasteiger charge is -2.20. The van der Waals surface area contributed by atoms with Gasteiger partial charge in [0, 0.05) is 17.8 Å². The Labute approximate surface area is 145 Å². The second kappa shape index (κ2) is 6.55. The fraction of sp³-hybridized carbons (Fsp3) is 0.316. The van der Waals surface area contributed by atoms with Crippen LogP contribution in [-0.2, 0) is 11.3 Å². The van der Waals surface area contributed by atoms with Crippen LogP contribution in [-0.4, -0.2) is 20.7 Å². The van der Waals surface area contributed by atoms with Crippen molar-refractivity contribution in [1.29, 1.82) is 0 Å². The molecule has 128 valence electrons. The first-order valence-corrected chi connectivity index (χ1v) is 8.55. The Hall–Kier alpha value is -2.89. The van der Waals surface area contributed by atoms with E-state index in [-0.39, 0.29) is 12.5 Å². The van der Waals surface area contributed by atoms with Gasteiger partial charge >= 0.3 is 0 Å². The Balaban J connectivity index is 1.48. The minimum Gasteiger partial charge on any atom is -0.419 e. The summed E-state index contributed by atoms with van der Waals surface area (Å²) in [7, 11) is 0. The smallest absolute Gasteiger partial charge is 0.264 e. The third kappa shape index (κ3) is 3.20. The van der Waals surface area contributed by atoms with E-state index in [2.05, 4.69) is 15.5 Å². The van der Waals surface area contributed by atoms with Crippen molar-refractivity contribution in [1.82, 2.24) is 14.8 Å². The Morgan fingerprint density at radius 3 is 2.84 bits per heavy atom. The molecule has 25 heavy (non-hydrogen) atoms. The largest absolute Gasteiger partial charge is 0.419 e. The molecule has 1 aliphatic rings. The molecular formula is C19H20N4O2. The summed E-state index contributed by atoms with van der Waals surface area (Å²) in [5.41, 5.74) is 2.62. The van der Waals surface area contributed by atoms with Crippen molar-refractivity contribution in [3.8, 4) is 11.6 Å². The van der Waals surface area contributed by atoms with Gasteiger partial charge in [-0.15, -0.1) is 10.2 Å². The molecule has 6 nitrogen and oxygen atoms in total. The van der Waals surface area contributed by atoms with E-state index in [9.17, 15) is 4.79 Å². The molecule has 1 aromatic carbocycles. The summed E-state index contributed by atoms with van der Waals surface area (Å²) in [5, 5.41) is 11.3. The van der Waals surface area contributed by atoms with Gasteiger partial charge in [-0.25, -0.2) is 0 Å². The predicted octanol–water partition coefficient (Wildman–Crippen LogP) is 3.75. The molecule has 2 heterocycles. The highest BCUT2D eigenvalue weighted by Crippen LogP contribution is 2.36. The number of rotatable bonds is 5. The van der Waals surface area contributed by atoms with Gasteiger partial charge in [-0.1, -0.05) is 24.6 Å². The van der Waals surface area contributed by atoms with Crippen LogP contribution in [0.3, 0.4) is 0 Å². The number of benzene rings is 1. The number of hydrogen-bond acceptors (Lipinski definition) is 4. The van der Waals surface area contributed by atoms with Crippen molar-refractivity contribution < 1.29 is 9.21 Å². The van der Waals surface area contributed by atoms with Crippen LogP contribution in [0.4, 0.5) is 5.69 Å². The van der Waals surface area contributed by atoms with Crippen LogP contribution in [0.1, 0.15) is 36.6 Å². The maximum absolute atomic E-state index is 12.4. The monoisotopic (exact) mass is 336 g/mol. The maximum Gasteiger partial charge on any atom is 0.264 e. The third-order valence-electron chi connectivity index (χ3n) is 4.68. The molecule has 1 saturated carbocycles. The van der Waals surface area contributed by atoms with Crippen LogP contribution >= 0.6 is 0 Å². The van der Waals surface area contributed by atoms with Crippen LogP contribution in [0.2, 0.25) is 0 Å². The van der Waals surface area contributed by atoms with Gasteiger partial charge in [0.2, 0.25) is 11.8 Å². The third-order valence-corrected chi connectivity index (χ3v) is 4.68. The van der Waals surface area contributed by atoms with Crippen LogP contribution in [0.15, 0.2) is 47.0 Å². The molecule has 1 aliphatic carbocycles. The summed E-state index contributed by atoms with van der Waals surface area (Å²) in [6.07, 6.45) is 5.29. The van der Waals surface area contributed by atoms with Gasteiger partial charge in [0.15, 0.2) is 0 Å². The Kier molecular flexibility index (Phi) is 4.09. The Bertz CT molecular complexity index is 892. The summed E-state index contributed by atoms with van der Waals surface area (Å²) < 4.78 is 7.64. The van der Waals surface area contributed by atoms with E-state index in [1.54, 1.807) is 0 Å². The van der Waals surface area contributed by atoms with E-state index >= 15 is 0 Å². The lowest BCUT2D eigenvalue weighted by molar-refractivity contribution is -0.116. The van der Waals surface area contributed by atoms with E-state index in [1.165, 1.54) is 6.42 Å². The number of anilines is 1. The number of carbonyl (C=O) groups is 1. The van der Waals surface area contributed by atoms with E-state index in [4.69, 9.17) is 4.42 Å². The number of para-hydroxylation sites is 1. The molecule has 0 spiro atoms. The molecule has 0 radical (unpaired) electrons. The van der Waals surface area contributed by atoms with Crippen LogP contribution in [0, 0.1) is 6.92 Å². The molecule has 1 fully saturated rings. The summed E-state index contributed by atoms with van der Waals surface area (Å²) in [6, 6.07) is 11.5. The zero-order valence-corrected chi connectivity index (χ0v) is 14.1. The fourth-order valence-corrected chi connectivity index (χ4v) is 2.96. The van der Waals surface area contributed by atoms with Crippen molar-refractivity contribution >= 4 is 11.6 Å². The molecule has 0 aliphatic heterocycles. The number of hydrogen-bond donors (Lipinski definition) is 1. The van der Waals surface area contributed by atoms with Crippen LogP contribution < -0.4 is 5.32 Å². The standard InChI is InChI=1S/C19H20N4O2/c1-13-6-2-3-9-15(13)20-17(24)12-23-11-5-10-16(23)19-22-21-18(25-19)14-7-4-8-14/h2-3,5-6,9-11,14H,4,7-8,12H2,1H3,(H,20,24). The van der Waals surface area contributed by atoms with Crippen molar-refractivity contribution in [2.24, 2.45) is 0 Å². The zero-order valence-electron chi connectivity index (χ0n) is 14.1. The number of nitrogens with zero attached hydrogens (tertiary/aromatic N) is 3. The molecule has 2 aromatic heterocycles. The summed E-state index contributed by atoms with van der Waals surface area (Å²) in [4.78, 5) is 12.4. The highest BCUT2D eigenvalue weighted by atomic mass is 16.4. The van der Waals surface area contributed by atoms with Crippen LogP contribution in [0.25, 0.3) is 11.6 Å². The Morgan fingerprint density at radius 1 is 1.24 bits per heavy atom. The normalized spacial score (nSPS) is 14.3. The molecular weight excluding hydrogens is 316 g/mol. The zero-order chi connectivity index (χ0) is 17.2. The summed E-state index contributed by atoms with van der Waals surface area (Å²) in [6.45, 7) is 2.16. The average Bonchev–Trinajstić information content (AvgIpc) is 3.17. The average molecular weight is 336 g/mol. The van der Waals surface area contributed by atoms with Gasteiger partial charge in [0.05, 0.1) is 0 Å². The molecule has 1 amide bonds.